The van der Waals surface area contributed by atoms with Crippen molar-refractivity contribution in [3.8, 4) is 0 Å². The summed E-state index contributed by atoms with van der Waals surface area (Å²) < 4.78 is 9.04. The zero-order valence-corrected chi connectivity index (χ0v) is 12.6. The SMILES string of the molecule is COC(=O)/C=C/c1ccc(NC(C)=O)c(/C=C/C(=O)OC)c1. The van der Waals surface area contributed by atoms with E-state index in [0.717, 1.165) is 0 Å². The summed E-state index contributed by atoms with van der Waals surface area (Å²) in [7, 11) is 2.56. The van der Waals surface area contributed by atoms with Crippen molar-refractivity contribution in [1.29, 1.82) is 0 Å². The van der Waals surface area contributed by atoms with Gasteiger partial charge in [-0.05, 0) is 35.4 Å². The van der Waals surface area contributed by atoms with Crippen LogP contribution in [0.15, 0.2) is 30.4 Å². The molecule has 0 saturated carbocycles. The second kappa shape index (κ2) is 8.41. The maximum atomic E-state index is 11.2. The largest absolute Gasteiger partial charge is 0.466 e. The summed E-state index contributed by atoms with van der Waals surface area (Å²) in [6.07, 6.45) is 5.61. The molecular weight excluding hydrogens is 286 g/mol. The molecule has 1 N–H and O–H groups in total. The summed E-state index contributed by atoms with van der Waals surface area (Å²) in [5.74, 6) is -1.22. The minimum Gasteiger partial charge on any atom is -0.466 e. The standard InChI is InChI=1S/C16H17NO5/c1-11(18)17-14-7-4-12(5-8-15(19)21-2)10-13(14)6-9-16(20)22-3/h4-10H,1-3H3,(H,17,18)/b8-5+,9-6+. The Hall–Kier alpha value is -2.89. The molecule has 0 aliphatic carbocycles. The van der Waals surface area contributed by atoms with Gasteiger partial charge >= 0.3 is 11.9 Å². The highest BCUT2D eigenvalue weighted by molar-refractivity contribution is 5.94. The first-order chi connectivity index (χ1) is 10.5. The third-order valence-electron chi connectivity index (χ3n) is 2.60. The fraction of sp³-hybridized carbons (Fsp3) is 0.188. The average molecular weight is 303 g/mol. The summed E-state index contributed by atoms with van der Waals surface area (Å²) in [6.45, 7) is 1.39. The molecule has 0 unspecified atom stereocenters. The summed E-state index contributed by atoms with van der Waals surface area (Å²) >= 11 is 0. The monoisotopic (exact) mass is 303 g/mol. The van der Waals surface area contributed by atoms with Gasteiger partial charge < -0.3 is 14.8 Å². The third kappa shape index (κ3) is 5.62. The molecule has 1 rings (SSSR count). The molecule has 1 amide bonds. The Balaban J connectivity index is 3.12. The van der Waals surface area contributed by atoms with E-state index in [0.29, 0.717) is 16.8 Å². The van der Waals surface area contributed by atoms with Crippen LogP contribution in [0, 0.1) is 0 Å². The van der Waals surface area contributed by atoms with E-state index in [2.05, 4.69) is 14.8 Å². The van der Waals surface area contributed by atoms with Crippen molar-refractivity contribution in [3.63, 3.8) is 0 Å². The molecule has 116 valence electrons. The zero-order valence-electron chi connectivity index (χ0n) is 12.6. The molecule has 1 aromatic rings. The number of methoxy groups -OCH3 is 2. The minimum absolute atomic E-state index is 0.231. The van der Waals surface area contributed by atoms with Crippen LogP contribution in [-0.4, -0.2) is 32.1 Å². The third-order valence-corrected chi connectivity index (χ3v) is 2.60. The van der Waals surface area contributed by atoms with E-state index in [1.807, 2.05) is 0 Å². The van der Waals surface area contributed by atoms with Gasteiger partial charge in [0.2, 0.25) is 5.91 Å². The highest BCUT2D eigenvalue weighted by Crippen LogP contribution is 2.20. The lowest BCUT2D eigenvalue weighted by atomic mass is 10.1. The van der Waals surface area contributed by atoms with Crippen LogP contribution in [0.1, 0.15) is 18.1 Å². The van der Waals surface area contributed by atoms with Crippen LogP contribution in [0.4, 0.5) is 5.69 Å². The van der Waals surface area contributed by atoms with E-state index in [1.54, 1.807) is 24.3 Å². The van der Waals surface area contributed by atoms with Crippen molar-refractivity contribution in [2.24, 2.45) is 0 Å². The summed E-state index contributed by atoms with van der Waals surface area (Å²) in [4.78, 5) is 33.5. The Morgan fingerprint density at radius 1 is 1.00 bits per heavy atom. The van der Waals surface area contributed by atoms with Crippen molar-refractivity contribution in [3.05, 3.63) is 41.5 Å². The van der Waals surface area contributed by atoms with Crippen LogP contribution in [0.25, 0.3) is 12.2 Å². The normalized spacial score (nSPS) is 10.7. The molecule has 0 saturated heterocycles. The van der Waals surface area contributed by atoms with Gasteiger partial charge in [0.05, 0.1) is 14.2 Å². The molecule has 0 bridgehead atoms. The lowest BCUT2D eigenvalue weighted by Crippen LogP contribution is -2.07. The number of benzene rings is 1. The minimum atomic E-state index is -0.510. The Morgan fingerprint density at radius 3 is 2.14 bits per heavy atom. The molecule has 22 heavy (non-hydrogen) atoms. The van der Waals surface area contributed by atoms with E-state index in [1.165, 1.54) is 39.4 Å². The van der Waals surface area contributed by atoms with Gasteiger partial charge in [0, 0.05) is 24.8 Å². The van der Waals surface area contributed by atoms with Crippen molar-refractivity contribution in [1.82, 2.24) is 0 Å². The average Bonchev–Trinajstić information content (AvgIpc) is 2.51. The quantitative estimate of drug-likeness (QED) is 0.664. The summed E-state index contributed by atoms with van der Waals surface area (Å²) in [5.41, 5.74) is 1.86. The van der Waals surface area contributed by atoms with Gasteiger partial charge in [-0.1, -0.05) is 6.07 Å². The molecule has 6 heteroatoms. The number of carbonyl (C=O) groups is 3. The Kier molecular flexibility index (Phi) is 6.56. The number of hydrogen-bond donors (Lipinski definition) is 1. The predicted octanol–water partition coefficient (Wildman–Crippen LogP) is 2.02. The first kappa shape index (κ1) is 17.2. The highest BCUT2D eigenvalue weighted by Gasteiger charge is 2.04. The molecule has 0 heterocycles. The van der Waals surface area contributed by atoms with Crippen molar-refractivity contribution in [2.75, 3.05) is 19.5 Å². The zero-order chi connectivity index (χ0) is 16.5. The lowest BCUT2D eigenvalue weighted by Gasteiger charge is -2.08. The lowest BCUT2D eigenvalue weighted by molar-refractivity contribution is -0.135. The molecule has 0 aliphatic heterocycles. The Bertz CT molecular complexity index is 631. The second-order valence-electron chi connectivity index (χ2n) is 4.24. The number of rotatable bonds is 5. The fourth-order valence-electron chi connectivity index (χ4n) is 1.58. The van der Waals surface area contributed by atoms with Gasteiger partial charge in [0.1, 0.15) is 0 Å². The molecule has 0 aliphatic rings. The predicted molar refractivity (Wildman–Crippen MR) is 82.8 cm³/mol. The van der Waals surface area contributed by atoms with Gasteiger partial charge in [-0.25, -0.2) is 9.59 Å². The number of ether oxygens (including phenoxy) is 2. The molecular formula is C16H17NO5. The molecule has 0 radical (unpaired) electrons. The Labute approximate surface area is 128 Å². The number of anilines is 1. The molecule has 1 aromatic carbocycles. The smallest absolute Gasteiger partial charge is 0.330 e. The molecule has 6 nitrogen and oxygen atoms in total. The van der Waals surface area contributed by atoms with Crippen LogP contribution < -0.4 is 5.32 Å². The maximum absolute atomic E-state index is 11.2. The van der Waals surface area contributed by atoms with E-state index in [4.69, 9.17) is 0 Å². The van der Waals surface area contributed by atoms with Crippen molar-refractivity contribution >= 4 is 35.7 Å². The van der Waals surface area contributed by atoms with Crippen LogP contribution in [0.3, 0.4) is 0 Å². The first-order valence-corrected chi connectivity index (χ1v) is 6.40. The van der Waals surface area contributed by atoms with Gasteiger partial charge in [-0.3, -0.25) is 4.79 Å². The first-order valence-electron chi connectivity index (χ1n) is 6.40. The van der Waals surface area contributed by atoms with Crippen LogP contribution in [0.2, 0.25) is 0 Å². The number of nitrogens with one attached hydrogen (secondary N) is 1. The van der Waals surface area contributed by atoms with E-state index >= 15 is 0 Å². The van der Waals surface area contributed by atoms with Gasteiger partial charge in [-0.15, -0.1) is 0 Å². The molecule has 0 aromatic heterocycles. The number of esters is 2. The molecule has 0 spiro atoms. The number of amides is 1. The maximum Gasteiger partial charge on any atom is 0.330 e. The van der Waals surface area contributed by atoms with Gasteiger partial charge in [0.25, 0.3) is 0 Å². The van der Waals surface area contributed by atoms with Crippen molar-refractivity contribution < 1.29 is 23.9 Å². The van der Waals surface area contributed by atoms with E-state index < -0.39 is 11.9 Å². The van der Waals surface area contributed by atoms with Crippen molar-refractivity contribution in [2.45, 2.75) is 6.92 Å². The fourth-order valence-corrected chi connectivity index (χ4v) is 1.58. The summed E-state index contributed by atoms with van der Waals surface area (Å²) in [5, 5.41) is 2.66. The molecule has 0 atom stereocenters. The van der Waals surface area contributed by atoms with Gasteiger partial charge in [0.15, 0.2) is 0 Å². The topological polar surface area (TPSA) is 81.7 Å². The van der Waals surface area contributed by atoms with E-state index in [-0.39, 0.29) is 5.91 Å². The van der Waals surface area contributed by atoms with Crippen LogP contribution in [-0.2, 0) is 23.9 Å². The summed E-state index contributed by atoms with van der Waals surface area (Å²) in [6, 6.07) is 5.11. The number of carbonyl (C=O) groups excluding carboxylic acids is 3. The Morgan fingerprint density at radius 2 is 1.59 bits per heavy atom. The molecule has 0 fully saturated rings. The second-order valence-corrected chi connectivity index (χ2v) is 4.24. The van der Waals surface area contributed by atoms with Crippen LogP contribution >= 0.6 is 0 Å². The number of hydrogen-bond acceptors (Lipinski definition) is 5. The van der Waals surface area contributed by atoms with E-state index in [9.17, 15) is 14.4 Å². The van der Waals surface area contributed by atoms with Gasteiger partial charge in [-0.2, -0.15) is 0 Å². The highest BCUT2D eigenvalue weighted by atomic mass is 16.5. The van der Waals surface area contributed by atoms with Crippen LogP contribution in [0.5, 0.6) is 0 Å².